The molecule has 1 heterocycles. The summed E-state index contributed by atoms with van der Waals surface area (Å²) in [5, 5.41) is 0.0940. The third-order valence-electron chi connectivity index (χ3n) is 4.41. The van der Waals surface area contributed by atoms with Gasteiger partial charge in [-0.25, -0.2) is 4.39 Å². The molecule has 1 aliphatic heterocycles. The molecule has 3 rings (SSSR count). The summed E-state index contributed by atoms with van der Waals surface area (Å²) in [6.07, 6.45) is 2.45. The number of hydrogen-bond donors (Lipinski definition) is 0. The van der Waals surface area contributed by atoms with Crippen LogP contribution in [0.25, 0.3) is 6.08 Å². The van der Waals surface area contributed by atoms with E-state index in [0.717, 1.165) is 23.1 Å². The molecule has 8 heteroatoms. The summed E-state index contributed by atoms with van der Waals surface area (Å²) in [6.45, 7) is 3.73. The highest BCUT2D eigenvalue weighted by atomic mass is 35.5. The molecule has 2 aromatic rings. The van der Waals surface area contributed by atoms with Crippen molar-refractivity contribution in [3.63, 3.8) is 0 Å². The molecule has 0 bridgehead atoms. The van der Waals surface area contributed by atoms with Crippen molar-refractivity contribution >= 4 is 52.2 Å². The van der Waals surface area contributed by atoms with Crippen molar-refractivity contribution in [2.45, 2.75) is 32.9 Å². The van der Waals surface area contributed by atoms with Gasteiger partial charge in [-0.2, -0.15) is 0 Å². The van der Waals surface area contributed by atoms with E-state index in [1.807, 2.05) is 13.8 Å². The molecular formula is C21H18Cl2FNO3S. The molecule has 1 fully saturated rings. The van der Waals surface area contributed by atoms with Gasteiger partial charge in [-0.15, -0.1) is 0 Å². The molecule has 2 amide bonds. The second-order valence-electron chi connectivity index (χ2n) is 6.49. The second kappa shape index (κ2) is 9.20. The first-order chi connectivity index (χ1) is 13.8. The van der Waals surface area contributed by atoms with Crippen molar-refractivity contribution in [2.24, 2.45) is 0 Å². The molecule has 0 spiro atoms. The van der Waals surface area contributed by atoms with Gasteiger partial charge in [0.1, 0.15) is 11.6 Å². The summed E-state index contributed by atoms with van der Waals surface area (Å²) in [4.78, 5) is 26.2. The first kappa shape index (κ1) is 21.7. The molecule has 4 nitrogen and oxygen atoms in total. The molecule has 0 saturated carbocycles. The Balaban J connectivity index is 1.80. The topological polar surface area (TPSA) is 46.6 Å². The maximum absolute atomic E-state index is 14.0. The van der Waals surface area contributed by atoms with Crippen LogP contribution in [0.15, 0.2) is 41.3 Å². The monoisotopic (exact) mass is 453 g/mol. The minimum absolute atomic E-state index is 0.0278. The molecule has 0 N–H and O–H groups in total. The lowest BCUT2D eigenvalue weighted by Crippen LogP contribution is -2.28. The maximum atomic E-state index is 14.0. The van der Waals surface area contributed by atoms with Crippen molar-refractivity contribution in [1.29, 1.82) is 0 Å². The fourth-order valence-electron chi connectivity index (χ4n) is 2.63. The maximum Gasteiger partial charge on any atom is 0.293 e. The predicted molar refractivity (Wildman–Crippen MR) is 115 cm³/mol. The van der Waals surface area contributed by atoms with Gasteiger partial charge in [-0.3, -0.25) is 14.5 Å². The summed E-state index contributed by atoms with van der Waals surface area (Å²) in [7, 11) is 0. The Bertz CT molecular complexity index is 976. The number of imide groups is 1. The molecule has 0 aromatic heterocycles. The van der Waals surface area contributed by atoms with Gasteiger partial charge in [0.15, 0.2) is 0 Å². The minimum atomic E-state index is -0.566. The van der Waals surface area contributed by atoms with Gasteiger partial charge in [-0.1, -0.05) is 42.3 Å². The van der Waals surface area contributed by atoms with Gasteiger partial charge >= 0.3 is 0 Å². The van der Waals surface area contributed by atoms with E-state index in [1.165, 1.54) is 18.2 Å². The normalized spacial score (nSPS) is 16.6. The molecule has 1 saturated heterocycles. The van der Waals surface area contributed by atoms with E-state index in [9.17, 15) is 14.0 Å². The van der Waals surface area contributed by atoms with Crippen molar-refractivity contribution in [2.75, 3.05) is 0 Å². The number of thioether (sulfide) groups is 1. The number of halogens is 3. The van der Waals surface area contributed by atoms with Crippen LogP contribution in [0.3, 0.4) is 0 Å². The van der Waals surface area contributed by atoms with Crippen LogP contribution in [-0.4, -0.2) is 22.2 Å². The summed E-state index contributed by atoms with van der Waals surface area (Å²) in [5.74, 6) is -0.514. The van der Waals surface area contributed by atoms with Gasteiger partial charge < -0.3 is 4.74 Å². The number of amides is 2. The van der Waals surface area contributed by atoms with Crippen LogP contribution in [0, 0.1) is 5.82 Å². The third kappa shape index (κ3) is 4.94. The highest BCUT2D eigenvalue weighted by Crippen LogP contribution is 2.35. The largest absolute Gasteiger partial charge is 0.489 e. The summed E-state index contributed by atoms with van der Waals surface area (Å²) >= 11 is 13.1. The molecule has 2 aromatic carbocycles. The highest BCUT2D eigenvalue weighted by molar-refractivity contribution is 8.18. The van der Waals surface area contributed by atoms with E-state index in [4.69, 9.17) is 27.9 Å². The fourth-order valence-corrected chi connectivity index (χ4v) is 3.93. The van der Waals surface area contributed by atoms with Gasteiger partial charge in [0.25, 0.3) is 11.1 Å². The van der Waals surface area contributed by atoms with Gasteiger partial charge in [-0.05, 0) is 61.0 Å². The van der Waals surface area contributed by atoms with E-state index in [2.05, 4.69) is 0 Å². The van der Waals surface area contributed by atoms with Crippen LogP contribution in [0.2, 0.25) is 10.0 Å². The Morgan fingerprint density at radius 2 is 1.97 bits per heavy atom. The Morgan fingerprint density at radius 3 is 2.62 bits per heavy atom. The smallest absolute Gasteiger partial charge is 0.293 e. The molecule has 0 unspecified atom stereocenters. The molecule has 152 valence electrons. The summed E-state index contributed by atoms with van der Waals surface area (Å²) in [5.41, 5.74) is 0.758. The third-order valence-corrected chi connectivity index (χ3v) is 5.97. The lowest BCUT2D eigenvalue weighted by molar-refractivity contribution is -0.123. The second-order valence-corrected chi connectivity index (χ2v) is 8.30. The van der Waals surface area contributed by atoms with E-state index >= 15 is 0 Å². The Hall–Kier alpha value is -2.02. The number of carbonyl (C=O) groups excluding carboxylic acids is 2. The first-order valence-electron chi connectivity index (χ1n) is 8.94. The number of carbonyl (C=O) groups is 2. The van der Waals surface area contributed by atoms with E-state index < -0.39 is 17.0 Å². The summed E-state index contributed by atoms with van der Waals surface area (Å²) in [6, 6.07) is 9.37. The number of ether oxygens (including phenoxy) is 1. The van der Waals surface area contributed by atoms with E-state index in [0.29, 0.717) is 16.3 Å². The standard InChI is InChI=1S/C21H18Cl2FNO3S/c1-3-12(2)28-18-8-7-13(9-16(18)23)10-19-20(26)25(21(27)29-19)11-14-15(22)5-4-6-17(14)24/h4-10,12H,3,11H2,1-2H3/b19-10-/t12-/m1/s1. The van der Waals surface area contributed by atoms with Gasteiger partial charge in [0, 0.05) is 10.6 Å². The number of hydrogen-bond acceptors (Lipinski definition) is 4. The highest BCUT2D eigenvalue weighted by Gasteiger charge is 2.35. The average Bonchev–Trinajstić information content (AvgIpc) is 2.93. The van der Waals surface area contributed by atoms with Gasteiger partial charge in [0.05, 0.1) is 22.6 Å². The van der Waals surface area contributed by atoms with Crippen LogP contribution >= 0.6 is 35.0 Å². The Morgan fingerprint density at radius 1 is 1.21 bits per heavy atom. The zero-order valence-electron chi connectivity index (χ0n) is 15.7. The van der Waals surface area contributed by atoms with Crippen LogP contribution in [0.5, 0.6) is 5.75 Å². The zero-order chi connectivity index (χ0) is 21.1. The fraction of sp³-hybridized carbons (Fsp3) is 0.238. The van der Waals surface area contributed by atoms with Crippen molar-refractivity contribution in [3.05, 3.63) is 68.3 Å². The van der Waals surface area contributed by atoms with Crippen LogP contribution in [0.1, 0.15) is 31.4 Å². The number of benzene rings is 2. The van der Waals surface area contributed by atoms with Crippen LogP contribution in [0.4, 0.5) is 9.18 Å². The lowest BCUT2D eigenvalue weighted by Gasteiger charge is -2.14. The van der Waals surface area contributed by atoms with Gasteiger partial charge in [0.2, 0.25) is 0 Å². The van der Waals surface area contributed by atoms with E-state index in [1.54, 1.807) is 24.3 Å². The van der Waals surface area contributed by atoms with E-state index in [-0.39, 0.29) is 28.1 Å². The van der Waals surface area contributed by atoms with Crippen molar-refractivity contribution < 1.29 is 18.7 Å². The molecular weight excluding hydrogens is 436 g/mol. The molecule has 1 atom stereocenters. The SMILES string of the molecule is CC[C@@H](C)Oc1ccc(/C=C2\SC(=O)N(Cc3c(F)cccc3Cl)C2=O)cc1Cl. The average molecular weight is 454 g/mol. The van der Waals surface area contributed by atoms with Crippen molar-refractivity contribution in [3.8, 4) is 5.75 Å². The molecule has 0 radical (unpaired) electrons. The molecule has 0 aliphatic carbocycles. The van der Waals surface area contributed by atoms with Crippen LogP contribution < -0.4 is 4.74 Å². The first-order valence-corrected chi connectivity index (χ1v) is 10.5. The quantitative estimate of drug-likeness (QED) is 0.465. The zero-order valence-corrected chi connectivity index (χ0v) is 18.1. The Kier molecular flexibility index (Phi) is 6.88. The lowest BCUT2D eigenvalue weighted by atomic mass is 10.1. The number of nitrogens with zero attached hydrogens (tertiary/aromatic N) is 1. The molecule has 1 aliphatic rings. The van der Waals surface area contributed by atoms with Crippen molar-refractivity contribution in [1.82, 2.24) is 4.90 Å². The van der Waals surface area contributed by atoms with Crippen LogP contribution in [-0.2, 0) is 11.3 Å². The number of rotatable bonds is 6. The Labute approximate surface area is 182 Å². The summed E-state index contributed by atoms with van der Waals surface area (Å²) < 4.78 is 19.7. The minimum Gasteiger partial charge on any atom is -0.489 e. The predicted octanol–water partition coefficient (Wildman–Crippen LogP) is 6.55. The molecule has 29 heavy (non-hydrogen) atoms.